The van der Waals surface area contributed by atoms with Crippen LogP contribution in [0.25, 0.3) is 0 Å². The van der Waals surface area contributed by atoms with E-state index < -0.39 is 0 Å². The first kappa shape index (κ1) is 21.0. The first-order valence-electron chi connectivity index (χ1n) is 9.97. The Morgan fingerprint density at radius 1 is 1.03 bits per heavy atom. The number of carbonyl (C=O) groups excluding carboxylic acids is 1. The smallest absolute Gasteiger partial charge is 0.260 e. The number of rotatable bonds is 9. The molecule has 0 aliphatic carbocycles. The molecule has 2 aromatic rings. The van der Waals surface area contributed by atoms with Crippen molar-refractivity contribution in [2.24, 2.45) is 5.41 Å². The van der Waals surface area contributed by atoms with Crippen LogP contribution in [0.3, 0.4) is 0 Å². The van der Waals surface area contributed by atoms with Gasteiger partial charge < -0.3 is 24.2 Å². The van der Waals surface area contributed by atoms with Crippen molar-refractivity contribution in [3.05, 3.63) is 54.6 Å². The average molecular weight is 399 g/mol. The van der Waals surface area contributed by atoms with Gasteiger partial charge in [-0.25, -0.2) is 0 Å². The molecule has 0 unspecified atom stereocenters. The van der Waals surface area contributed by atoms with Crippen LogP contribution in [-0.4, -0.2) is 55.9 Å². The van der Waals surface area contributed by atoms with Crippen molar-refractivity contribution in [3.63, 3.8) is 0 Å². The quantitative estimate of drug-likeness (QED) is 0.702. The minimum absolute atomic E-state index is 0.0195. The molecule has 1 aliphatic rings. The largest absolute Gasteiger partial charge is 0.497 e. The number of piperidine rings is 1. The van der Waals surface area contributed by atoms with E-state index in [0.29, 0.717) is 31.9 Å². The maximum atomic E-state index is 12.7. The van der Waals surface area contributed by atoms with Gasteiger partial charge in [-0.1, -0.05) is 18.2 Å². The second-order valence-electron chi connectivity index (χ2n) is 7.45. The predicted octanol–water partition coefficient (Wildman–Crippen LogP) is 3.14. The zero-order chi connectivity index (χ0) is 20.5. The number of aliphatic hydroxyl groups is 1. The molecule has 3 rings (SSSR count). The van der Waals surface area contributed by atoms with E-state index in [2.05, 4.69) is 0 Å². The third-order valence-corrected chi connectivity index (χ3v) is 5.42. The summed E-state index contributed by atoms with van der Waals surface area (Å²) in [5.41, 5.74) is -0.331. The van der Waals surface area contributed by atoms with Gasteiger partial charge in [0.1, 0.15) is 17.2 Å². The van der Waals surface area contributed by atoms with E-state index in [9.17, 15) is 9.90 Å². The summed E-state index contributed by atoms with van der Waals surface area (Å²) in [6, 6.07) is 16.8. The summed E-state index contributed by atoms with van der Waals surface area (Å²) in [7, 11) is 1.61. The minimum Gasteiger partial charge on any atom is -0.497 e. The van der Waals surface area contributed by atoms with Crippen LogP contribution in [0.5, 0.6) is 17.2 Å². The third-order valence-electron chi connectivity index (χ3n) is 5.42. The van der Waals surface area contributed by atoms with E-state index >= 15 is 0 Å². The van der Waals surface area contributed by atoms with E-state index in [4.69, 9.17) is 14.2 Å². The molecule has 1 amide bonds. The van der Waals surface area contributed by atoms with E-state index in [0.717, 1.165) is 24.3 Å². The number of likely N-dealkylation sites (tertiary alicyclic amines) is 1. The lowest BCUT2D eigenvalue weighted by Gasteiger charge is -2.41. The highest BCUT2D eigenvalue weighted by atomic mass is 16.5. The zero-order valence-corrected chi connectivity index (χ0v) is 16.9. The predicted molar refractivity (Wildman–Crippen MR) is 110 cm³/mol. The molecule has 0 spiro atoms. The number of benzene rings is 2. The second kappa shape index (κ2) is 10.2. The number of aliphatic hydroxyl groups excluding tert-OH is 1. The Labute approximate surface area is 172 Å². The first-order valence-corrected chi connectivity index (χ1v) is 9.97. The summed E-state index contributed by atoms with van der Waals surface area (Å²) < 4.78 is 16.6. The molecule has 0 bridgehead atoms. The van der Waals surface area contributed by atoms with Crippen molar-refractivity contribution < 1.29 is 24.1 Å². The Hall–Kier alpha value is -2.73. The van der Waals surface area contributed by atoms with Gasteiger partial charge in [-0.15, -0.1) is 0 Å². The molecule has 1 aliphatic heterocycles. The SMILES string of the molecule is COc1ccc(OCC(=O)N2CCC[C@@](CO)(CCOc3ccccc3)C2)cc1. The Kier molecular flexibility index (Phi) is 7.36. The van der Waals surface area contributed by atoms with Crippen LogP contribution in [0.2, 0.25) is 0 Å². The Morgan fingerprint density at radius 2 is 1.72 bits per heavy atom. The maximum absolute atomic E-state index is 12.7. The highest BCUT2D eigenvalue weighted by Gasteiger charge is 2.36. The molecule has 156 valence electrons. The number of methoxy groups -OCH3 is 1. The van der Waals surface area contributed by atoms with Gasteiger partial charge >= 0.3 is 0 Å². The standard InChI is InChI=1S/C23H29NO5/c1-27-19-8-10-21(11-9-19)29-16-22(26)24-14-5-12-23(17-24,18-25)13-15-28-20-6-3-2-4-7-20/h2-4,6-11,25H,5,12-18H2,1H3/t23-/m1/s1. The van der Waals surface area contributed by atoms with Gasteiger partial charge in [-0.2, -0.15) is 0 Å². The summed E-state index contributed by atoms with van der Waals surface area (Å²) in [6.45, 7) is 1.73. The maximum Gasteiger partial charge on any atom is 0.260 e. The molecule has 29 heavy (non-hydrogen) atoms. The monoisotopic (exact) mass is 399 g/mol. The molecule has 6 heteroatoms. The van der Waals surface area contributed by atoms with Crippen molar-refractivity contribution in [3.8, 4) is 17.2 Å². The van der Waals surface area contributed by atoms with Gasteiger partial charge in [-0.3, -0.25) is 4.79 Å². The number of hydrogen-bond donors (Lipinski definition) is 1. The molecule has 0 aromatic heterocycles. The lowest BCUT2D eigenvalue weighted by molar-refractivity contribution is -0.138. The van der Waals surface area contributed by atoms with Gasteiger partial charge in [0.2, 0.25) is 0 Å². The summed E-state index contributed by atoms with van der Waals surface area (Å²) in [4.78, 5) is 14.5. The van der Waals surface area contributed by atoms with E-state index in [1.165, 1.54) is 0 Å². The van der Waals surface area contributed by atoms with Gasteiger partial charge in [0, 0.05) is 18.5 Å². The molecule has 1 N–H and O–H groups in total. The second-order valence-corrected chi connectivity index (χ2v) is 7.45. The fourth-order valence-electron chi connectivity index (χ4n) is 3.64. The molecule has 1 heterocycles. The Morgan fingerprint density at radius 3 is 2.41 bits per heavy atom. The van der Waals surface area contributed by atoms with Crippen molar-refractivity contribution >= 4 is 5.91 Å². The lowest BCUT2D eigenvalue weighted by Crippen LogP contribution is -2.49. The molecular weight excluding hydrogens is 370 g/mol. The topological polar surface area (TPSA) is 68.2 Å². The van der Waals surface area contributed by atoms with Crippen LogP contribution in [0, 0.1) is 5.41 Å². The number of hydrogen-bond acceptors (Lipinski definition) is 5. The third kappa shape index (κ3) is 5.87. The molecular formula is C23H29NO5. The van der Waals surface area contributed by atoms with Gasteiger partial charge in [0.05, 0.1) is 20.3 Å². The number of carbonyl (C=O) groups is 1. The van der Waals surface area contributed by atoms with E-state index in [1.807, 2.05) is 30.3 Å². The first-order chi connectivity index (χ1) is 14.1. The molecule has 1 saturated heterocycles. The van der Waals surface area contributed by atoms with Crippen molar-refractivity contribution in [1.82, 2.24) is 4.90 Å². The van der Waals surface area contributed by atoms with Gasteiger partial charge in [0.15, 0.2) is 6.61 Å². The number of amides is 1. The molecule has 2 aromatic carbocycles. The van der Waals surface area contributed by atoms with Crippen LogP contribution in [0.15, 0.2) is 54.6 Å². The molecule has 0 saturated carbocycles. The number of nitrogens with zero attached hydrogens (tertiary/aromatic N) is 1. The van der Waals surface area contributed by atoms with Crippen molar-refractivity contribution in [2.75, 3.05) is 40.0 Å². The van der Waals surface area contributed by atoms with Crippen LogP contribution in [-0.2, 0) is 4.79 Å². The molecule has 1 atom stereocenters. The normalized spacial score (nSPS) is 18.9. The summed E-state index contributed by atoms with van der Waals surface area (Å²) in [5, 5.41) is 10.1. The van der Waals surface area contributed by atoms with E-state index in [1.54, 1.807) is 36.3 Å². The Balaban J connectivity index is 1.50. The number of ether oxygens (including phenoxy) is 3. The highest BCUT2D eigenvalue weighted by molar-refractivity contribution is 5.78. The average Bonchev–Trinajstić information content (AvgIpc) is 2.78. The van der Waals surface area contributed by atoms with Crippen LogP contribution in [0.4, 0.5) is 0 Å². The summed E-state index contributed by atoms with van der Waals surface area (Å²) >= 11 is 0. The molecule has 0 radical (unpaired) electrons. The fraction of sp³-hybridized carbons (Fsp3) is 0.435. The van der Waals surface area contributed by atoms with Gasteiger partial charge in [-0.05, 0) is 55.7 Å². The fourth-order valence-corrected chi connectivity index (χ4v) is 3.64. The Bertz CT molecular complexity index is 765. The highest BCUT2D eigenvalue weighted by Crippen LogP contribution is 2.33. The van der Waals surface area contributed by atoms with Crippen LogP contribution in [0.1, 0.15) is 19.3 Å². The van der Waals surface area contributed by atoms with Crippen molar-refractivity contribution in [2.45, 2.75) is 19.3 Å². The zero-order valence-electron chi connectivity index (χ0n) is 16.9. The number of para-hydroxylation sites is 1. The molecule has 6 nitrogen and oxygen atoms in total. The minimum atomic E-state index is -0.331. The summed E-state index contributed by atoms with van der Waals surface area (Å²) in [6.07, 6.45) is 2.44. The lowest BCUT2D eigenvalue weighted by atomic mass is 9.78. The molecule has 1 fully saturated rings. The summed E-state index contributed by atoms with van der Waals surface area (Å²) in [5.74, 6) is 2.12. The van der Waals surface area contributed by atoms with Crippen LogP contribution >= 0.6 is 0 Å². The van der Waals surface area contributed by atoms with Crippen molar-refractivity contribution in [1.29, 1.82) is 0 Å². The van der Waals surface area contributed by atoms with E-state index in [-0.39, 0.29) is 24.5 Å². The van der Waals surface area contributed by atoms with Gasteiger partial charge in [0.25, 0.3) is 5.91 Å². The van der Waals surface area contributed by atoms with Crippen LogP contribution < -0.4 is 14.2 Å².